The number of nitrogens with two attached hydrogens (primary N) is 1. The second-order valence-corrected chi connectivity index (χ2v) is 4.97. The molecule has 0 unspecified atom stereocenters. The van der Waals surface area contributed by atoms with Crippen molar-refractivity contribution in [2.45, 2.75) is 0 Å². The minimum absolute atomic E-state index is 0.0137. The highest BCUT2D eigenvalue weighted by Gasteiger charge is 2.15. The molecule has 0 radical (unpaired) electrons. The third kappa shape index (κ3) is 2.79. The zero-order chi connectivity index (χ0) is 17.3. The van der Waals surface area contributed by atoms with Crippen molar-refractivity contribution in [3.63, 3.8) is 0 Å². The first-order valence-corrected chi connectivity index (χ1v) is 6.92. The smallest absolute Gasteiger partial charge is 0.339 e. The van der Waals surface area contributed by atoms with E-state index in [4.69, 9.17) is 15.2 Å². The van der Waals surface area contributed by atoms with Crippen molar-refractivity contribution in [2.75, 3.05) is 12.8 Å². The van der Waals surface area contributed by atoms with Crippen molar-refractivity contribution in [3.8, 4) is 17.2 Å². The van der Waals surface area contributed by atoms with Gasteiger partial charge in [0.05, 0.1) is 18.3 Å². The van der Waals surface area contributed by atoms with E-state index in [1.165, 1.54) is 37.6 Å². The van der Waals surface area contributed by atoms with Crippen LogP contribution in [-0.4, -0.2) is 23.2 Å². The van der Waals surface area contributed by atoms with E-state index in [2.05, 4.69) is 4.98 Å². The molecule has 0 aliphatic carbocycles. The van der Waals surface area contributed by atoms with Crippen LogP contribution in [-0.2, 0) is 0 Å². The van der Waals surface area contributed by atoms with Crippen LogP contribution in [0.3, 0.4) is 0 Å². The summed E-state index contributed by atoms with van der Waals surface area (Å²) in [5, 5.41) is 9.76. The zero-order valence-corrected chi connectivity index (χ0v) is 12.6. The second-order valence-electron chi connectivity index (χ2n) is 4.97. The van der Waals surface area contributed by atoms with E-state index in [0.717, 1.165) is 6.07 Å². The van der Waals surface area contributed by atoms with Gasteiger partial charge in [-0.25, -0.2) is 9.18 Å². The van der Waals surface area contributed by atoms with Gasteiger partial charge in [-0.2, -0.15) is 0 Å². The maximum absolute atomic E-state index is 13.6. The van der Waals surface area contributed by atoms with Crippen LogP contribution in [0.25, 0.3) is 10.9 Å². The van der Waals surface area contributed by atoms with Crippen LogP contribution >= 0.6 is 0 Å². The molecule has 0 amide bonds. The number of rotatable bonds is 4. The van der Waals surface area contributed by atoms with E-state index in [9.17, 15) is 14.3 Å². The van der Waals surface area contributed by atoms with Crippen molar-refractivity contribution >= 4 is 22.6 Å². The van der Waals surface area contributed by atoms with Crippen LogP contribution in [0.1, 0.15) is 10.4 Å². The molecule has 1 heterocycles. The summed E-state index contributed by atoms with van der Waals surface area (Å²) in [7, 11) is 1.38. The summed E-state index contributed by atoms with van der Waals surface area (Å²) < 4.78 is 24.3. The molecular formula is C17H13FN2O4. The Morgan fingerprint density at radius 2 is 2.00 bits per heavy atom. The van der Waals surface area contributed by atoms with Crippen LogP contribution in [0.15, 0.2) is 42.6 Å². The number of nitrogen functional groups attached to an aromatic ring is 1. The molecule has 0 aliphatic heterocycles. The molecule has 3 N–H and O–H groups in total. The monoisotopic (exact) mass is 328 g/mol. The summed E-state index contributed by atoms with van der Waals surface area (Å²) in [5.41, 5.74) is 5.92. The van der Waals surface area contributed by atoms with Crippen molar-refractivity contribution in [2.24, 2.45) is 0 Å². The fraction of sp³-hybridized carbons (Fsp3) is 0.0588. The number of hydrogen-bond donors (Lipinski definition) is 2. The number of anilines is 1. The number of halogens is 1. The highest BCUT2D eigenvalue weighted by atomic mass is 19.1. The van der Waals surface area contributed by atoms with Gasteiger partial charge in [0.2, 0.25) is 0 Å². The molecule has 3 rings (SSSR count). The minimum atomic E-state index is -1.14. The first kappa shape index (κ1) is 15.5. The number of aromatic nitrogens is 1. The van der Waals surface area contributed by atoms with Crippen LogP contribution in [0.2, 0.25) is 0 Å². The molecule has 0 aliphatic rings. The average Bonchev–Trinajstić information content (AvgIpc) is 2.57. The molecular weight excluding hydrogens is 315 g/mol. The van der Waals surface area contributed by atoms with Gasteiger partial charge >= 0.3 is 5.97 Å². The van der Waals surface area contributed by atoms with Crippen LogP contribution in [0.5, 0.6) is 17.2 Å². The van der Waals surface area contributed by atoms with E-state index < -0.39 is 11.8 Å². The number of fused-ring (bicyclic) bond motifs is 1. The molecule has 0 spiro atoms. The van der Waals surface area contributed by atoms with Crippen molar-refractivity contribution < 1.29 is 23.8 Å². The average molecular weight is 328 g/mol. The first-order valence-electron chi connectivity index (χ1n) is 6.92. The maximum atomic E-state index is 13.6. The molecule has 3 aromatic rings. The number of carboxylic acid groups (broad SMARTS) is 1. The lowest BCUT2D eigenvalue weighted by Crippen LogP contribution is -2.01. The molecule has 2 aromatic carbocycles. The summed E-state index contributed by atoms with van der Waals surface area (Å²) in [4.78, 5) is 15.5. The summed E-state index contributed by atoms with van der Waals surface area (Å²) >= 11 is 0. The largest absolute Gasteiger partial charge is 0.496 e. The van der Waals surface area contributed by atoms with Crippen molar-refractivity contribution in [3.05, 3.63) is 54.0 Å². The quantitative estimate of drug-likeness (QED) is 0.712. The Morgan fingerprint density at radius 3 is 2.67 bits per heavy atom. The molecule has 24 heavy (non-hydrogen) atoms. The molecule has 122 valence electrons. The number of aromatic carboxylic acids is 1. The Balaban J connectivity index is 2.12. The maximum Gasteiger partial charge on any atom is 0.339 e. The lowest BCUT2D eigenvalue weighted by Gasteiger charge is -2.11. The normalized spacial score (nSPS) is 10.6. The number of methoxy groups -OCH3 is 1. The fourth-order valence-corrected chi connectivity index (χ4v) is 2.27. The van der Waals surface area contributed by atoms with E-state index in [1.54, 1.807) is 6.07 Å². The number of hydrogen-bond acceptors (Lipinski definition) is 5. The molecule has 0 fully saturated rings. The molecule has 0 saturated heterocycles. The van der Waals surface area contributed by atoms with E-state index in [-0.39, 0.29) is 22.7 Å². The van der Waals surface area contributed by atoms with Gasteiger partial charge in [-0.05, 0) is 24.3 Å². The Hall–Kier alpha value is -3.35. The highest BCUT2D eigenvalue weighted by Crippen LogP contribution is 2.33. The second kappa shape index (κ2) is 6.04. The highest BCUT2D eigenvalue weighted by molar-refractivity contribution is 5.98. The molecule has 7 heteroatoms. The van der Waals surface area contributed by atoms with Crippen LogP contribution in [0.4, 0.5) is 10.1 Å². The Labute approximate surface area is 136 Å². The summed E-state index contributed by atoms with van der Waals surface area (Å²) in [6, 6.07) is 8.55. The van der Waals surface area contributed by atoms with E-state index >= 15 is 0 Å². The Kier molecular flexibility index (Phi) is 3.91. The minimum Gasteiger partial charge on any atom is -0.496 e. The van der Waals surface area contributed by atoms with Crippen LogP contribution < -0.4 is 15.2 Å². The molecule has 0 bridgehead atoms. The van der Waals surface area contributed by atoms with Crippen molar-refractivity contribution in [1.29, 1.82) is 0 Å². The topological polar surface area (TPSA) is 94.7 Å². The van der Waals surface area contributed by atoms with Gasteiger partial charge < -0.3 is 20.3 Å². The van der Waals surface area contributed by atoms with E-state index in [1.807, 2.05) is 0 Å². The van der Waals surface area contributed by atoms with Gasteiger partial charge in [0, 0.05) is 23.7 Å². The zero-order valence-electron chi connectivity index (χ0n) is 12.6. The molecule has 6 nitrogen and oxygen atoms in total. The first-order chi connectivity index (χ1) is 11.5. The van der Waals surface area contributed by atoms with E-state index in [0.29, 0.717) is 16.7 Å². The molecule has 0 atom stereocenters. The number of benzene rings is 2. The number of ether oxygens (including phenoxy) is 2. The number of carbonyl (C=O) groups is 1. The number of pyridine rings is 1. The third-order valence-corrected chi connectivity index (χ3v) is 3.45. The predicted molar refractivity (Wildman–Crippen MR) is 86.1 cm³/mol. The van der Waals surface area contributed by atoms with Gasteiger partial charge in [0.1, 0.15) is 28.6 Å². The lowest BCUT2D eigenvalue weighted by molar-refractivity contribution is 0.0693. The fourth-order valence-electron chi connectivity index (χ4n) is 2.27. The van der Waals surface area contributed by atoms with Gasteiger partial charge in [0.15, 0.2) is 0 Å². The van der Waals surface area contributed by atoms with Gasteiger partial charge in [-0.15, -0.1) is 0 Å². The summed E-state index contributed by atoms with van der Waals surface area (Å²) in [6.07, 6.45) is 1.51. The van der Waals surface area contributed by atoms with Gasteiger partial charge in [-0.3, -0.25) is 4.98 Å². The SMILES string of the molecule is COc1cc2nccc(Oc3ccc(N)c(F)c3)c2cc1C(=O)O. The Morgan fingerprint density at radius 1 is 1.21 bits per heavy atom. The number of nitrogens with zero attached hydrogens (tertiary/aromatic N) is 1. The Bertz CT molecular complexity index is 943. The third-order valence-electron chi connectivity index (χ3n) is 3.45. The van der Waals surface area contributed by atoms with Gasteiger partial charge in [0.25, 0.3) is 0 Å². The number of carboxylic acids is 1. The standard InChI is InChI=1S/C17H13FN2O4/c1-23-16-8-14-10(7-11(16)17(21)22)15(4-5-20-14)24-9-2-3-13(19)12(18)6-9/h2-8H,19H2,1H3,(H,21,22). The van der Waals surface area contributed by atoms with Crippen LogP contribution in [0, 0.1) is 5.82 Å². The summed E-state index contributed by atoms with van der Waals surface area (Å²) in [6.45, 7) is 0. The van der Waals surface area contributed by atoms with Gasteiger partial charge in [-0.1, -0.05) is 0 Å². The predicted octanol–water partition coefficient (Wildman–Crippen LogP) is 3.46. The lowest BCUT2D eigenvalue weighted by atomic mass is 10.1. The molecule has 1 aromatic heterocycles. The molecule has 0 saturated carbocycles. The van der Waals surface area contributed by atoms with Crippen molar-refractivity contribution in [1.82, 2.24) is 4.98 Å². The summed E-state index contributed by atoms with van der Waals surface area (Å²) in [5.74, 6) is -0.963.